The first kappa shape index (κ1) is 21.7. The second-order valence-electron chi connectivity index (χ2n) is 6.41. The summed E-state index contributed by atoms with van der Waals surface area (Å²) >= 11 is 0. The van der Waals surface area contributed by atoms with Gasteiger partial charge in [-0.05, 0) is 43.7 Å². The summed E-state index contributed by atoms with van der Waals surface area (Å²) in [6, 6.07) is 7.64. The van der Waals surface area contributed by atoms with E-state index in [2.05, 4.69) is 10.2 Å². The highest BCUT2D eigenvalue weighted by atomic mass is 16.4. The quantitative estimate of drug-likeness (QED) is 0.545. The van der Waals surface area contributed by atoms with Crippen LogP contribution >= 0.6 is 0 Å². The van der Waals surface area contributed by atoms with Crippen LogP contribution in [-0.4, -0.2) is 36.9 Å². The van der Waals surface area contributed by atoms with Gasteiger partial charge in [-0.1, -0.05) is 26.0 Å². The summed E-state index contributed by atoms with van der Waals surface area (Å²) in [6.45, 7) is 4.84. The topological polar surface area (TPSA) is 86.7 Å². The summed E-state index contributed by atoms with van der Waals surface area (Å²) in [5, 5.41) is 11.4. The van der Waals surface area contributed by atoms with E-state index in [0.717, 1.165) is 43.6 Å². The normalized spacial score (nSPS) is 18.9. The average Bonchev–Trinajstić information content (AvgIpc) is 2.64. The summed E-state index contributed by atoms with van der Waals surface area (Å²) < 4.78 is 0. The SMILES string of the molecule is CC.CN(CC1CCC(C(=O)CC(=O)O)CC1)c1ccccc1NC=O. The van der Waals surface area contributed by atoms with Crippen molar-refractivity contribution in [3.8, 4) is 0 Å². The van der Waals surface area contributed by atoms with Crippen LogP contribution in [0.5, 0.6) is 0 Å². The highest BCUT2D eigenvalue weighted by molar-refractivity contribution is 5.96. The van der Waals surface area contributed by atoms with E-state index in [1.165, 1.54) is 0 Å². The van der Waals surface area contributed by atoms with Crippen molar-refractivity contribution >= 4 is 29.5 Å². The summed E-state index contributed by atoms with van der Waals surface area (Å²) in [5.41, 5.74) is 1.74. The maximum Gasteiger partial charge on any atom is 0.310 e. The standard InChI is InChI=1S/C18H24N2O4.C2H6/c1-20(16-5-3-2-4-15(16)19-12-21)11-13-6-8-14(9-7-13)17(22)10-18(23)24;1-2/h2-5,12-14H,6-11H2,1H3,(H,19,21)(H,23,24);1-2H3. The third kappa shape index (κ3) is 6.50. The molecule has 2 rings (SSSR count). The molecule has 2 N–H and O–H groups in total. The first-order valence-electron chi connectivity index (χ1n) is 9.26. The van der Waals surface area contributed by atoms with E-state index in [1.54, 1.807) is 0 Å². The number of anilines is 2. The van der Waals surface area contributed by atoms with Crippen molar-refractivity contribution in [3.05, 3.63) is 24.3 Å². The van der Waals surface area contributed by atoms with Gasteiger partial charge >= 0.3 is 5.97 Å². The van der Waals surface area contributed by atoms with Gasteiger partial charge in [-0.25, -0.2) is 0 Å². The molecule has 6 nitrogen and oxygen atoms in total. The molecule has 144 valence electrons. The minimum Gasteiger partial charge on any atom is -0.481 e. The lowest BCUT2D eigenvalue weighted by molar-refractivity contribution is -0.141. The Hall–Kier alpha value is -2.37. The lowest BCUT2D eigenvalue weighted by Gasteiger charge is -2.32. The number of carbonyl (C=O) groups is 3. The number of nitrogens with one attached hydrogen (secondary N) is 1. The molecule has 1 aliphatic carbocycles. The van der Waals surface area contributed by atoms with Gasteiger partial charge in [0.2, 0.25) is 6.41 Å². The van der Waals surface area contributed by atoms with E-state index in [1.807, 2.05) is 45.2 Å². The van der Waals surface area contributed by atoms with Crippen LogP contribution in [0, 0.1) is 11.8 Å². The van der Waals surface area contributed by atoms with Crippen LogP contribution in [0.1, 0.15) is 46.0 Å². The van der Waals surface area contributed by atoms with Crippen molar-refractivity contribution in [1.82, 2.24) is 0 Å². The number of rotatable bonds is 8. The van der Waals surface area contributed by atoms with Crippen molar-refractivity contribution in [2.75, 3.05) is 23.8 Å². The number of hydrogen-bond donors (Lipinski definition) is 2. The molecule has 0 aromatic heterocycles. The smallest absolute Gasteiger partial charge is 0.310 e. The van der Waals surface area contributed by atoms with Gasteiger partial charge in [0.1, 0.15) is 12.2 Å². The number of ketones is 1. The molecule has 0 spiro atoms. The first-order valence-corrected chi connectivity index (χ1v) is 9.26. The Kier molecular flexibility index (Phi) is 9.41. The number of amides is 1. The molecule has 0 unspecified atom stereocenters. The lowest BCUT2D eigenvalue weighted by Crippen LogP contribution is -2.31. The minimum absolute atomic E-state index is 0.105. The number of carboxylic acid groups (broad SMARTS) is 1. The molecule has 0 bridgehead atoms. The molecular weight excluding hydrogens is 332 g/mol. The average molecular weight is 362 g/mol. The molecule has 0 heterocycles. The summed E-state index contributed by atoms with van der Waals surface area (Å²) in [4.78, 5) is 35.3. The zero-order chi connectivity index (χ0) is 19.5. The Morgan fingerprint density at radius 2 is 1.81 bits per heavy atom. The number of aliphatic carboxylic acids is 1. The third-order valence-electron chi connectivity index (χ3n) is 4.69. The molecule has 0 saturated heterocycles. The van der Waals surface area contributed by atoms with Gasteiger partial charge in [0.05, 0.1) is 11.4 Å². The number of hydrogen-bond acceptors (Lipinski definition) is 4. The Balaban J connectivity index is 0.00000163. The molecule has 26 heavy (non-hydrogen) atoms. The van der Waals surface area contributed by atoms with Crippen LogP contribution in [0.25, 0.3) is 0 Å². The highest BCUT2D eigenvalue weighted by Crippen LogP contribution is 2.32. The molecule has 1 aromatic rings. The number of para-hydroxylation sites is 2. The van der Waals surface area contributed by atoms with Crippen molar-refractivity contribution in [2.24, 2.45) is 11.8 Å². The van der Waals surface area contributed by atoms with E-state index in [-0.39, 0.29) is 18.1 Å². The molecule has 1 aliphatic rings. The minimum atomic E-state index is -1.04. The number of Topliss-reactive ketones (excluding diaryl/α,β-unsaturated/α-hetero) is 1. The van der Waals surface area contributed by atoms with Gasteiger partial charge in [0, 0.05) is 19.5 Å². The van der Waals surface area contributed by atoms with Crippen LogP contribution in [0.3, 0.4) is 0 Å². The van der Waals surface area contributed by atoms with Crippen LogP contribution < -0.4 is 10.2 Å². The zero-order valence-corrected chi connectivity index (χ0v) is 15.9. The molecular formula is C20H30N2O4. The van der Waals surface area contributed by atoms with E-state index < -0.39 is 5.97 Å². The molecule has 1 amide bonds. The number of carbonyl (C=O) groups excluding carboxylic acids is 2. The largest absolute Gasteiger partial charge is 0.481 e. The van der Waals surface area contributed by atoms with E-state index in [9.17, 15) is 14.4 Å². The van der Waals surface area contributed by atoms with Gasteiger partial charge < -0.3 is 15.3 Å². The Morgan fingerprint density at radius 1 is 1.19 bits per heavy atom. The van der Waals surface area contributed by atoms with Crippen LogP contribution in [-0.2, 0) is 14.4 Å². The van der Waals surface area contributed by atoms with Crippen molar-refractivity contribution in [3.63, 3.8) is 0 Å². The summed E-state index contributed by atoms with van der Waals surface area (Å²) in [5.74, 6) is -0.823. The lowest BCUT2D eigenvalue weighted by atomic mass is 9.79. The fraction of sp³-hybridized carbons (Fsp3) is 0.550. The van der Waals surface area contributed by atoms with E-state index in [4.69, 9.17) is 5.11 Å². The van der Waals surface area contributed by atoms with Crippen molar-refractivity contribution < 1.29 is 19.5 Å². The predicted octanol–water partition coefficient (Wildman–Crippen LogP) is 3.57. The second-order valence-corrected chi connectivity index (χ2v) is 6.41. The van der Waals surface area contributed by atoms with Gasteiger partial charge in [-0.15, -0.1) is 0 Å². The zero-order valence-electron chi connectivity index (χ0n) is 15.9. The molecule has 1 saturated carbocycles. The molecule has 0 aliphatic heterocycles. The highest BCUT2D eigenvalue weighted by Gasteiger charge is 2.28. The number of carboxylic acids is 1. The fourth-order valence-corrected chi connectivity index (χ4v) is 3.44. The first-order chi connectivity index (χ1) is 12.5. The summed E-state index contributed by atoms with van der Waals surface area (Å²) in [6.07, 6.45) is 3.68. The predicted molar refractivity (Wildman–Crippen MR) is 103 cm³/mol. The summed E-state index contributed by atoms with van der Waals surface area (Å²) in [7, 11) is 1.99. The molecule has 0 radical (unpaired) electrons. The van der Waals surface area contributed by atoms with Crippen molar-refractivity contribution in [1.29, 1.82) is 0 Å². The fourth-order valence-electron chi connectivity index (χ4n) is 3.44. The van der Waals surface area contributed by atoms with Crippen molar-refractivity contribution in [2.45, 2.75) is 46.0 Å². The second kappa shape index (κ2) is 11.3. The molecule has 1 fully saturated rings. The molecule has 0 atom stereocenters. The third-order valence-corrected chi connectivity index (χ3v) is 4.69. The van der Waals surface area contributed by atoms with E-state index >= 15 is 0 Å². The van der Waals surface area contributed by atoms with Crippen LogP contribution in [0.2, 0.25) is 0 Å². The van der Waals surface area contributed by atoms with Gasteiger partial charge in [-0.3, -0.25) is 14.4 Å². The Labute approximate surface area is 155 Å². The van der Waals surface area contributed by atoms with Gasteiger partial charge in [0.25, 0.3) is 0 Å². The Morgan fingerprint density at radius 3 is 2.38 bits per heavy atom. The van der Waals surface area contributed by atoms with Crippen LogP contribution in [0.15, 0.2) is 24.3 Å². The number of nitrogens with zero attached hydrogens (tertiary/aromatic N) is 1. The van der Waals surface area contributed by atoms with Gasteiger partial charge in [0.15, 0.2) is 0 Å². The van der Waals surface area contributed by atoms with Gasteiger partial charge in [-0.2, -0.15) is 0 Å². The van der Waals surface area contributed by atoms with Crippen LogP contribution in [0.4, 0.5) is 11.4 Å². The number of benzene rings is 1. The maximum atomic E-state index is 11.8. The Bertz CT molecular complexity index is 595. The molecule has 6 heteroatoms. The monoisotopic (exact) mass is 362 g/mol. The maximum absolute atomic E-state index is 11.8. The van der Waals surface area contributed by atoms with E-state index in [0.29, 0.717) is 12.3 Å². The molecule has 1 aromatic carbocycles.